The van der Waals surface area contributed by atoms with Crippen LogP contribution in [0.15, 0.2) is 0 Å². The first-order valence-electron chi connectivity index (χ1n) is 11.2. The molecule has 0 saturated carbocycles. The van der Waals surface area contributed by atoms with Gasteiger partial charge < -0.3 is 37.8 Å². The van der Waals surface area contributed by atoms with Crippen molar-refractivity contribution in [2.75, 3.05) is 25.4 Å². The molecule has 1 heterocycles. The van der Waals surface area contributed by atoms with E-state index in [-0.39, 0.29) is 18.1 Å². The van der Waals surface area contributed by atoms with Crippen molar-refractivity contribution in [2.45, 2.75) is 75.5 Å². The summed E-state index contributed by atoms with van der Waals surface area (Å²) in [5.74, 6) is -2.37. The minimum atomic E-state index is -1.13. The summed E-state index contributed by atoms with van der Waals surface area (Å²) in [5, 5.41) is 14.6. The Morgan fingerprint density at radius 1 is 1.00 bits per heavy atom. The van der Waals surface area contributed by atoms with E-state index >= 15 is 0 Å². The highest BCUT2D eigenvalue weighted by Gasteiger charge is 2.38. The monoisotopic (exact) mass is 474 g/mol. The molecule has 0 aromatic carbocycles. The Morgan fingerprint density at radius 3 is 2.12 bits per heavy atom. The van der Waals surface area contributed by atoms with Crippen LogP contribution in [0.4, 0.5) is 0 Å². The number of nitrogens with two attached hydrogens (primary N) is 3. The predicted octanol–water partition coefficient (Wildman–Crippen LogP) is -1.45. The molecular formula is C20H38N6O5S. The molecule has 0 radical (unpaired) electrons. The zero-order valence-electron chi connectivity index (χ0n) is 18.5. The predicted molar refractivity (Wildman–Crippen MR) is 124 cm³/mol. The van der Waals surface area contributed by atoms with Crippen molar-refractivity contribution in [3.63, 3.8) is 0 Å². The summed E-state index contributed by atoms with van der Waals surface area (Å²) in [7, 11) is 0. The summed E-state index contributed by atoms with van der Waals surface area (Å²) < 4.78 is 0. The molecule has 0 spiro atoms. The number of hydrogen-bond donors (Lipinski definition) is 7. The Kier molecular flexibility index (Phi) is 13.2. The average Bonchev–Trinajstić information content (AvgIpc) is 3.26. The number of amides is 3. The van der Waals surface area contributed by atoms with Crippen LogP contribution < -0.4 is 27.8 Å². The van der Waals surface area contributed by atoms with Crippen LogP contribution in [-0.2, 0) is 19.2 Å². The number of unbranched alkanes of at least 4 members (excludes halogenated alkanes) is 2. The molecule has 12 heteroatoms. The fourth-order valence-electron chi connectivity index (χ4n) is 3.63. The van der Waals surface area contributed by atoms with E-state index in [2.05, 4.69) is 23.3 Å². The highest BCUT2D eigenvalue weighted by Crippen LogP contribution is 2.20. The molecule has 4 atom stereocenters. The zero-order chi connectivity index (χ0) is 24.1. The maximum atomic E-state index is 13.2. The Morgan fingerprint density at radius 2 is 1.59 bits per heavy atom. The smallest absolute Gasteiger partial charge is 0.326 e. The first-order valence-corrected chi connectivity index (χ1v) is 11.8. The first kappa shape index (κ1) is 28.1. The lowest BCUT2D eigenvalue weighted by Crippen LogP contribution is -2.57. The number of nitrogens with zero attached hydrogens (tertiary/aromatic N) is 1. The van der Waals surface area contributed by atoms with Crippen molar-refractivity contribution in [1.82, 2.24) is 15.5 Å². The van der Waals surface area contributed by atoms with Gasteiger partial charge in [-0.05, 0) is 64.5 Å². The van der Waals surface area contributed by atoms with Crippen molar-refractivity contribution in [3.05, 3.63) is 0 Å². The summed E-state index contributed by atoms with van der Waals surface area (Å²) in [4.78, 5) is 51.3. The molecule has 3 amide bonds. The molecule has 1 rings (SSSR count). The molecule has 11 nitrogen and oxygen atoms in total. The summed E-state index contributed by atoms with van der Waals surface area (Å²) in [6.45, 7) is 1.25. The van der Waals surface area contributed by atoms with Crippen molar-refractivity contribution in [3.8, 4) is 0 Å². The van der Waals surface area contributed by atoms with Gasteiger partial charge in [-0.15, -0.1) is 0 Å². The fraction of sp³-hybridized carbons (Fsp3) is 0.800. The van der Waals surface area contributed by atoms with E-state index < -0.39 is 42.0 Å². The third-order valence-electron chi connectivity index (χ3n) is 5.50. The van der Waals surface area contributed by atoms with Gasteiger partial charge >= 0.3 is 5.97 Å². The molecular weight excluding hydrogens is 436 g/mol. The van der Waals surface area contributed by atoms with Crippen LogP contribution in [0.3, 0.4) is 0 Å². The number of aliphatic carboxylic acids is 1. The lowest BCUT2D eigenvalue weighted by molar-refractivity contribution is -0.145. The maximum absolute atomic E-state index is 13.2. The molecule has 1 aliphatic rings. The van der Waals surface area contributed by atoms with Crippen LogP contribution in [0, 0.1) is 0 Å². The lowest BCUT2D eigenvalue weighted by atomic mass is 10.1. The molecule has 1 aliphatic heterocycles. The number of carbonyl (C=O) groups excluding carboxylic acids is 3. The first-order chi connectivity index (χ1) is 15.3. The van der Waals surface area contributed by atoms with Crippen molar-refractivity contribution >= 4 is 36.3 Å². The van der Waals surface area contributed by atoms with Crippen LogP contribution in [0.2, 0.25) is 0 Å². The number of hydrogen-bond acceptors (Lipinski definition) is 8. The Labute approximate surface area is 194 Å². The molecule has 0 aliphatic carbocycles. The van der Waals surface area contributed by atoms with Gasteiger partial charge in [0.05, 0.1) is 6.04 Å². The number of nitrogens with one attached hydrogen (secondary N) is 2. The third-order valence-corrected chi connectivity index (χ3v) is 5.89. The van der Waals surface area contributed by atoms with Gasteiger partial charge in [0.25, 0.3) is 0 Å². The molecule has 0 aromatic rings. The van der Waals surface area contributed by atoms with Crippen molar-refractivity contribution in [2.24, 2.45) is 17.2 Å². The van der Waals surface area contributed by atoms with E-state index in [1.54, 1.807) is 0 Å². The maximum Gasteiger partial charge on any atom is 0.326 e. The van der Waals surface area contributed by atoms with Crippen molar-refractivity contribution < 1.29 is 24.3 Å². The van der Waals surface area contributed by atoms with Crippen molar-refractivity contribution in [1.29, 1.82) is 0 Å². The number of carboxylic acid groups (broad SMARTS) is 1. The van der Waals surface area contributed by atoms with Gasteiger partial charge in [-0.25, -0.2) is 4.79 Å². The minimum absolute atomic E-state index is 0.130. The second kappa shape index (κ2) is 15.0. The largest absolute Gasteiger partial charge is 0.480 e. The molecule has 9 N–H and O–H groups in total. The van der Waals surface area contributed by atoms with E-state index in [0.29, 0.717) is 64.6 Å². The molecule has 1 saturated heterocycles. The van der Waals surface area contributed by atoms with Crippen LogP contribution in [-0.4, -0.2) is 83.3 Å². The second-order valence-electron chi connectivity index (χ2n) is 8.01. The summed E-state index contributed by atoms with van der Waals surface area (Å²) in [6, 6.07) is -3.52. The zero-order valence-corrected chi connectivity index (χ0v) is 19.4. The number of carboxylic acids is 1. The number of carbonyl (C=O) groups is 4. The standard InChI is InChI=1S/C20H38N6O5S/c21-9-3-1-6-14(24-17(27)13(23)12-32)19(29)26-11-5-8-16(26)18(28)25-15(20(30)31)7-2-4-10-22/h13-16,32H,1-12,21-23H2,(H,24,27)(H,25,28)(H,30,31). The van der Waals surface area contributed by atoms with Gasteiger partial charge in [0.2, 0.25) is 17.7 Å². The Hall–Kier alpha value is -1.89. The van der Waals surface area contributed by atoms with E-state index in [4.69, 9.17) is 17.2 Å². The normalized spacial score (nSPS) is 18.6. The highest BCUT2D eigenvalue weighted by atomic mass is 32.1. The molecule has 0 aromatic heterocycles. The average molecular weight is 475 g/mol. The van der Waals surface area contributed by atoms with Gasteiger partial charge in [0, 0.05) is 12.3 Å². The van der Waals surface area contributed by atoms with Gasteiger partial charge in [0.1, 0.15) is 18.1 Å². The van der Waals surface area contributed by atoms with E-state index in [1.807, 2.05) is 0 Å². The topological polar surface area (TPSA) is 194 Å². The van der Waals surface area contributed by atoms with Crippen LogP contribution in [0.5, 0.6) is 0 Å². The van der Waals surface area contributed by atoms with Crippen LogP contribution in [0.1, 0.15) is 51.4 Å². The summed E-state index contributed by atoms with van der Waals surface area (Å²) in [6.07, 6.45) is 4.19. The van der Waals surface area contributed by atoms with Gasteiger partial charge in [0.15, 0.2) is 0 Å². The van der Waals surface area contributed by atoms with Gasteiger partial charge in [-0.3, -0.25) is 14.4 Å². The second-order valence-corrected chi connectivity index (χ2v) is 8.37. The SMILES string of the molecule is NCCCCC(NC(=O)C1CCCN1C(=O)C(CCCCN)NC(=O)C(N)CS)C(=O)O. The quantitative estimate of drug-likeness (QED) is 0.111. The minimum Gasteiger partial charge on any atom is -0.480 e. The molecule has 4 unspecified atom stereocenters. The summed E-state index contributed by atoms with van der Waals surface area (Å²) >= 11 is 4.02. The number of thiol groups is 1. The Balaban J connectivity index is 2.88. The fourth-order valence-corrected chi connectivity index (χ4v) is 3.80. The van der Waals surface area contributed by atoms with E-state index in [1.165, 1.54) is 4.90 Å². The lowest BCUT2D eigenvalue weighted by Gasteiger charge is -2.30. The molecule has 32 heavy (non-hydrogen) atoms. The molecule has 184 valence electrons. The van der Waals surface area contributed by atoms with Crippen LogP contribution >= 0.6 is 12.6 Å². The highest BCUT2D eigenvalue weighted by molar-refractivity contribution is 7.80. The number of likely N-dealkylation sites (tertiary alicyclic amines) is 1. The molecule has 1 fully saturated rings. The van der Waals surface area contributed by atoms with E-state index in [0.717, 1.165) is 0 Å². The van der Waals surface area contributed by atoms with Crippen LogP contribution in [0.25, 0.3) is 0 Å². The Bertz CT molecular complexity index is 638. The summed E-state index contributed by atoms with van der Waals surface area (Å²) in [5.41, 5.74) is 16.7. The van der Waals surface area contributed by atoms with E-state index in [9.17, 15) is 24.3 Å². The number of rotatable bonds is 15. The third kappa shape index (κ3) is 8.93. The van der Waals surface area contributed by atoms with Gasteiger partial charge in [-0.1, -0.05) is 0 Å². The molecule has 0 bridgehead atoms. The van der Waals surface area contributed by atoms with Gasteiger partial charge in [-0.2, -0.15) is 12.6 Å².